The normalized spacial score (nSPS) is 13.0. The Morgan fingerprint density at radius 3 is 2.17 bits per heavy atom. The Morgan fingerprint density at radius 1 is 0.917 bits per heavy atom. The van der Waals surface area contributed by atoms with E-state index in [4.69, 9.17) is 11.6 Å². The largest absolute Gasteiger partial charge is 0.223 e. The van der Waals surface area contributed by atoms with Gasteiger partial charge < -0.3 is 0 Å². The van der Waals surface area contributed by atoms with Crippen molar-refractivity contribution in [2.24, 2.45) is 0 Å². The molecular formula is C20H25ClO2S. The lowest BCUT2D eigenvalue weighted by Gasteiger charge is -2.13. The third-order valence-electron chi connectivity index (χ3n) is 4.37. The minimum absolute atomic E-state index is 0.337. The molecular weight excluding hydrogens is 340 g/mol. The fourth-order valence-corrected chi connectivity index (χ4v) is 4.29. The molecule has 1 atom stereocenters. The van der Waals surface area contributed by atoms with Gasteiger partial charge in [-0.25, -0.2) is 8.42 Å². The fraction of sp³-hybridized carbons (Fsp3) is 0.400. The van der Waals surface area contributed by atoms with Crippen molar-refractivity contribution >= 4 is 21.4 Å². The summed E-state index contributed by atoms with van der Waals surface area (Å²) in [6.45, 7) is 3.77. The smallest absolute Gasteiger partial charge is 0.180 e. The van der Waals surface area contributed by atoms with Crippen LogP contribution in [0.5, 0.6) is 0 Å². The van der Waals surface area contributed by atoms with Crippen LogP contribution in [0.4, 0.5) is 0 Å². The van der Waals surface area contributed by atoms with Gasteiger partial charge in [0.15, 0.2) is 9.84 Å². The molecule has 0 N–H and O–H groups in total. The molecule has 0 bridgehead atoms. The van der Waals surface area contributed by atoms with Gasteiger partial charge in [-0.3, -0.25) is 0 Å². The number of sulfone groups is 1. The molecule has 0 aliphatic carbocycles. The maximum Gasteiger partial charge on any atom is 0.180 e. The van der Waals surface area contributed by atoms with E-state index in [0.29, 0.717) is 11.3 Å². The van der Waals surface area contributed by atoms with Gasteiger partial charge in [0.05, 0.1) is 10.1 Å². The summed E-state index contributed by atoms with van der Waals surface area (Å²) in [5, 5.41) is 0.421. The number of hydrogen-bond donors (Lipinski definition) is 0. The average Bonchev–Trinajstić information content (AvgIpc) is 2.56. The Bertz CT molecular complexity index is 734. The number of benzene rings is 2. The number of aryl methyl sites for hydroxylation is 2. The predicted molar refractivity (Wildman–Crippen MR) is 101 cm³/mol. The summed E-state index contributed by atoms with van der Waals surface area (Å²) in [6, 6.07) is 15.0. The molecule has 0 saturated heterocycles. The zero-order valence-corrected chi connectivity index (χ0v) is 15.9. The van der Waals surface area contributed by atoms with Crippen LogP contribution in [0.3, 0.4) is 0 Å². The SMILES string of the molecule is Cc1ccc(S(=O)(=O)C(C)CCCCCc2ccc(Cl)cc2)cc1. The Hall–Kier alpha value is -1.32. The molecule has 1 unspecified atom stereocenters. The first kappa shape index (κ1) is 19.0. The Labute approximate surface area is 150 Å². The maximum absolute atomic E-state index is 12.5. The van der Waals surface area contributed by atoms with Gasteiger partial charge in [-0.05, 0) is 62.9 Å². The van der Waals surface area contributed by atoms with Crippen LogP contribution in [0.1, 0.15) is 43.7 Å². The van der Waals surface area contributed by atoms with Crippen molar-refractivity contribution in [3.63, 3.8) is 0 Å². The van der Waals surface area contributed by atoms with Crippen LogP contribution < -0.4 is 0 Å². The molecule has 4 heteroatoms. The number of unbranched alkanes of at least 4 members (excludes halogenated alkanes) is 2. The Balaban J connectivity index is 1.77. The Kier molecular flexibility index (Phi) is 6.88. The van der Waals surface area contributed by atoms with Crippen molar-refractivity contribution in [1.82, 2.24) is 0 Å². The molecule has 2 aromatic rings. The molecule has 0 fully saturated rings. The van der Waals surface area contributed by atoms with Crippen LogP contribution in [0.15, 0.2) is 53.4 Å². The van der Waals surface area contributed by atoms with Crippen molar-refractivity contribution in [1.29, 1.82) is 0 Å². The summed E-state index contributed by atoms with van der Waals surface area (Å²) in [5.74, 6) is 0. The van der Waals surface area contributed by atoms with Crippen LogP contribution >= 0.6 is 11.6 Å². The lowest BCUT2D eigenvalue weighted by molar-refractivity contribution is 0.564. The first-order valence-electron chi connectivity index (χ1n) is 8.44. The van der Waals surface area contributed by atoms with Crippen molar-refractivity contribution in [3.8, 4) is 0 Å². The number of rotatable bonds is 8. The van der Waals surface area contributed by atoms with E-state index < -0.39 is 9.84 Å². The maximum atomic E-state index is 12.5. The van der Waals surface area contributed by atoms with Gasteiger partial charge in [0, 0.05) is 5.02 Å². The van der Waals surface area contributed by atoms with Crippen molar-refractivity contribution in [2.45, 2.75) is 56.1 Å². The van der Waals surface area contributed by atoms with Gasteiger partial charge in [0.25, 0.3) is 0 Å². The summed E-state index contributed by atoms with van der Waals surface area (Å²) in [7, 11) is -3.21. The van der Waals surface area contributed by atoms with Crippen LogP contribution in [-0.4, -0.2) is 13.7 Å². The Morgan fingerprint density at radius 2 is 1.54 bits per heavy atom. The zero-order valence-electron chi connectivity index (χ0n) is 14.3. The minimum atomic E-state index is -3.21. The highest BCUT2D eigenvalue weighted by atomic mass is 35.5. The molecule has 0 aliphatic rings. The molecule has 24 heavy (non-hydrogen) atoms. The molecule has 0 spiro atoms. The second-order valence-electron chi connectivity index (χ2n) is 6.39. The molecule has 2 nitrogen and oxygen atoms in total. The van der Waals surface area contributed by atoms with Crippen LogP contribution in [0.25, 0.3) is 0 Å². The summed E-state index contributed by atoms with van der Waals surface area (Å²) < 4.78 is 25.1. The van der Waals surface area contributed by atoms with E-state index >= 15 is 0 Å². The first-order chi connectivity index (χ1) is 11.4. The van der Waals surface area contributed by atoms with E-state index in [1.54, 1.807) is 12.1 Å². The summed E-state index contributed by atoms with van der Waals surface area (Å²) >= 11 is 5.88. The number of halogens is 1. The lowest BCUT2D eigenvalue weighted by atomic mass is 10.1. The van der Waals surface area contributed by atoms with E-state index in [1.807, 2.05) is 50.2 Å². The molecule has 0 heterocycles. The van der Waals surface area contributed by atoms with Crippen molar-refractivity contribution in [2.75, 3.05) is 0 Å². The third-order valence-corrected chi connectivity index (χ3v) is 6.84. The highest BCUT2D eigenvalue weighted by molar-refractivity contribution is 7.92. The van der Waals surface area contributed by atoms with Gasteiger partial charge in [-0.15, -0.1) is 0 Å². The standard InChI is InChI=1S/C20H25ClO2S/c1-16-8-14-20(15-9-16)24(22,23)17(2)6-4-3-5-7-18-10-12-19(21)13-11-18/h8-15,17H,3-7H2,1-2H3. The summed E-state index contributed by atoms with van der Waals surface area (Å²) in [4.78, 5) is 0.432. The van der Waals surface area contributed by atoms with Gasteiger partial charge in [0.1, 0.15) is 0 Å². The van der Waals surface area contributed by atoms with Gasteiger partial charge in [0.2, 0.25) is 0 Å². The predicted octanol–water partition coefficient (Wildman–Crippen LogP) is 5.61. The van der Waals surface area contributed by atoms with E-state index in [0.717, 1.165) is 36.3 Å². The van der Waals surface area contributed by atoms with Crippen LogP contribution in [0, 0.1) is 6.92 Å². The zero-order chi connectivity index (χ0) is 17.6. The second kappa shape index (κ2) is 8.68. The third kappa shape index (κ3) is 5.35. The van der Waals surface area contributed by atoms with Crippen molar-refractivity contribution < 1.29 is 8.42 Å². The molecule has 0 aliphatic heterocycles. The molecule has 2 aromatic carbocycles. The molecule has 130 valence electrons. The molecule has 0 aromatic heterocycles. The molecule has 0 saturated carbocycles. The first-order valence-corrected chi connectivity index (χ1v) is 10.4. The highest BCUT2D eigenvalue weighted by Crippen LogP contribution is 2.21. The average molecular weight is 365 g/mol. The summed E-state index contributed by atoms with van der Waals surface area (Å²) in [5.41, 5.74) is 2.35. The van der Waals surface area contributed by atoms with E-state index in [-0.39, 0.29) is 5.25 Å². The van der Waals surface area contributed by atoms with Gasteiger partial charge in [-0.1, -0.05) is 54.3 Å². The van der Waals surface area contributed by atoms with Gasteiger partial charge >= 0.3 is 0 Å². The van der Waals surface area contributed by atoms with Crippen molar-refractivity contribution in [3.05, 3.63) is 64.7 Å². The number of hydrogen-bond acceptors (Lipinski definition) is 2. The monoisotopic (exact) mass is 364 g/mol. The van der Waals surface area contributed by atoms with E-state index in [1.165, 1.54) is 5.56 Å². The van der Waals surface area contributed by atoms with E-state index in [9.17, 15) is 8.42 Å². The highest BCUT2D eigenvalue weighted by Gasteiger charge is 2.22. The lowest BCUT2D eigenvalue weighted by Crippen LogP contribution is -2.18. The van der Waals surface area contributed by atoms with Crippen LogP contribution in [0.2, 0.25) is 5.02 Å². The van der Waals surface area contributed by atoms with E-state index in [2.05, 4.69) is 0 Å². The fourth-order valence-electron chi connectivity index (χ4n) is 2.70. The minimum Gasteiger partial charge on any atom is -0.223 e. The molecule has 0 amide bonds. The second-order valence-corrected chi connectivity index (χ2v) is 9.20. The molecule has 0 radical (unpaired) electrons. The summed E-state index contributed by atoms with van der Waals surface area (Å²) in [6.07, 6.45) is 4.75. The van der Waals surface area contributed by atoms with Gasteiger partial charge in [-0.2, -0.15) is 0 Å². The topological polar surface area (TPSA) is 34.1 Å². The molecule has 2 rings (SSSR count). The van der Waals surface area contributed by atoms with Crippen LogP contribution in [-0.2, 0) is 16.3 Å². The quantitative estimate of drug-likeness (QED) is 0.570.